The van der Waals surface area contributed by atoms with Gasteiger partial charge in [-0.2, -0.15) is 0 Å². The van der Waals surface area contributed by atoms with E-state index in [4.69, 9.17) is 5.11 Å². The Bertz CT molecular complexity index is 424. The zero-order chi connectivity index (χ0) is 11.0. The number of rotatable bonds is 1. The van der Waals surface area contributed by atoms with E-state index < -0.39 is 5.97 Å². The lowest BCUT2D eigenvalue weighted by Crippen LogP contribution is -2.25. The van der Waals surface area contributed by atoms with E-state index in [1.165, 1.54) is 11.1 Å². The fourth-order valence-electron chi connectivity index (χ4n) is 2.38. The van der Waals surface area contributed by atoms with Crippen LogP contribution in [0.1, 0.15) is 32.6 Å². The molecular formula is C12H15NO2. The number of hydrogen-bond donors (Lipinski definition) is 2. The summed E-state index contributed by atoms with van der Waals surface area (Å²) in [5.74, 6) is -0.814. The van der Waals surface area contributed by atoms with E-state index in [-0.39, 0.29) is 0 Å². The van der Waals surface area contributed by atoms with Gasteiger partial charge in [0.05, 0.1) is 5.56 Å². The highest BCUT2D eigenvalue weighted by atomic mass is 16.4. The molecule has 1 heterocycles. The Morgan fingerprint density at radius 1 is 1.47 bits per heavy atom. The molecule has 1 aliphatic heterocycles. The van der Waals surface area contributed by atoms with Gasteiger partial charge in [0.1, 0.15) is 0 Å². The second-order valence-electron chi connectivity index (χ2n) is 4.06. The minimum atomic E-state index is -0.814. The monoisotopic (exact) mass is 205 g/mol. The first-order valence-electron chi connectivity index (χ1n) is 5.17. The standard InChI is InChI=1S/C12H15NO2/c1-7-5-9-6-13-4-3-10(9)8(2)11(7)12(14)15/h5,13H,3-4,6H2,1-2H3,(H,14,15). The van der Waals surface area contributed by atoms with Crippen LogP contribution in [0.25, 0.3) is 0 Å². The number of hydrogen-bond acceptors (Lipinski definition) is 2. The van der Waals surface area contributed by atoms with Crippen molar-refractivity contribution in [2.45, 2.75) is 26.8 Å². The number of nitrogens with one attached hydrogen (secondary N) is 1. The highest BCUT2D eigenvalue weighted by Gasteiger charge is 2.19. The predicted octanol–water partition coefficient (Wildman–Crippen LogP) is 1.65. The summed E-state index contributed by atoms with van der Waals surface area (Å²) in [6, 6.07) is 2.00. The number of fused-ring (bicyclic) bond motifs is 1. The van der Waals surface area contributed by atoms with E-state index in [1.54, 1.807) is 0 Å². The molecule has 0 saturated heterocycles. The maximum Gasteiger partial charge on any atom is 0.336 e. The van der Waals surface area contributed by atoms with Gasteiger partial charge in [0.2, 0.25) is 0 Å². The molecule has 0 aromatic heterocycles. The molecule has 15 heavy (non-hydrogen) atoms. The van der Waals surface area contributed by atoms with Crippen LogP contribution in [0.2, 0.25) is 0 Å². The summed E-state index contributed by atoms with van der Waals surface area (Å²) in [7, 11) is 0. The molecule has 0 unspecified atom stereocenters. The molecule has 0 saturated carbocycles. The molecule has 0 radical (unpaired) electrons. The van der Waals surface area contributed by atoms with Gasteiger partial charge in [-0.1, -0.05) is 6.07 Å². The number of carboxylic acid groups (broad SMARTS) is 1. The van der Waals surface area contributed by atoms with E-state index in [2.05, 4.69) is 5.32 Å². The average molecular weight is 205 g/mol. The van der Waals surface area contributed by atoms with Crippen LogP contribution in [0.4, 0.5) is 0 Å². The van der Waals surface area contributed by atoms with Crippen molar-refractivity contribution in [2.75, 3.05) is 6.54 Å². The molecule has 3 nitrogen and oxygen atoms in total. The third-order valence-corrected chi connectivity index (χ3v) is 3.08. The molecule has 3 heteroatoms. The maximum atomic E-state index is 11.1. The van der Waals surface area contributed by atoms with Gasteiger partial charge in [-0.25, -0.2) is 4.79 Å². The van der Waals surface area contributed by atoms with Crippen LogP contribution < -0.4 is 5.32 Å². The highest BCUT2D eigenvalue weighted by molar-refractivity contribution is 5.91. The molecule has 2 rings (SSSR count). The molecule has 1 aromatic carbocycles. The van der Waals surface area contributed by atoms with Gasteiger partial charge in [0.25, 0.3) is 0 Å². The first-order valence-corrected chi connectivity index (χ1v) is 5.17. The number of aryl methyl sites for hydroxylation is 1. The number of carboxylic acids is 1. The summed E-state index contributed by atoms with van der Waals surface area (Å²) in [5, 5.41) is 12.4. The van der Waals surface area contributed by atoms with Crippen LogP contribution in [0.5, 0.6) is 0 Å². The summed E-state index contributed by atoms with van der Waals surface area (Å²) >= 11 is 0. The van der Waals surface area contributed by atoms with Gasteiger partial charge < -0.3 is 10.4 Å². The van der Waals surface area contributed by atoms with Crippen LogP contribution in [0.3, 0.4) is 0 Å². The Balaban J connectivity index is 2.64. The van der Waals surface area contributed by atoms with Crippen LogP contribution in [-0.2, 0) is 13.0 Å². The Kier molecular flexibility index (Phi) is 2.49. The van der Waals surface area contributed by atoms with Crippen LogP contribution in [-0.4, -0.2) is 17.6 Å². The van der Waals surface area contributed by atoms with Gasteiger partial charge in [-0.3, -0.25) is 0 Å². The molecule has 0 bridgehead atoms. The van der Waals surface area contributed by atoms with Crippen molar-refractivity contribution in [3.8, 4) is 0 Å². The average Bonchev–Trinajstić information content (AvgIpc) is 2.17. The first kappa shape index (κ1) is 10.2. The number of benzene rings is 1. The molecule has 1 aromatic rings. The number of aromatic carboxylic acids is 1. The summed E-state index contributed by atoms with van der Waals surface area (Å²) in [4.78, 5) is 11.1. The fourth-order valence-corrected chi connectivity index (χ4v) is 2.38. The summed E-state index contributed by atoms with van der Waals surface area (Å²) < 4.78 is 0. The molecular weight excluding hydrogens is 190 g/mol. The highest BCUT2D eigenvalue weighted by Crippen LogP contribution is 2.24. The van der Waals surface area contributed by atoms with Crippen molar-refractivity contribution >= 4 is 5.97 Å². The Hall–Kier alpha value is -1.35. The largest absolute Gasteiger partial charge is 0.478 e. The molecule has 80 valence electrons. The Morgan fingerprint density at radius 3 is 2.87 bits per heavy atom. The maximum absolute atomic E-state index is 11.1. The van der Waals surface area contributed by atoms with Gasteiger partial charge in [-0.15, -0.1) is 0 Å². The molecule has 0 atom stereocenters. The third kappa shape index (κ3) is 1.63. The van der Waals surface area contributed by atoms with Gasteiger partial charge in [0.15, 0.2) is 0 Å². The number of carbonyl (C=O) groups is 1. The lowest BCUT2D eigenvalue weighted by atomic mass is 9.89. The summed E-state index contributed by atoms with van der Waals surface area (Å²) in [6.07, 6.45) is 0.932. The van der Waals surface area contributed by atoms with Gasteiger partial charge in [-0.05, 0) is 49.1 Å². The van der Waals surface area contributed by atoms with Crippen molar-refractivity contribution in [3.05, 3.63) is 33.9 Å². The normalized spacial score (nSPS) is 14.8. The van der Waals surface area contributed by atoms with Crippen molar-refractivity contribution in [1.29, 1.82) is 0 Å². The quantitative estimate of drug-likeness (QED) is 0.733. The third-order valence-electron chi connectivity index (χ3n) is 3.08. The zero-order valence-corrected chi connectivity index (χ0v) is 9.05. The lowest BCUT2D eigenvalue weighted by molar-refractivity contribution is 0.0695. The summed E-state index contributed by atoms with van der Waals surface area (Å²) in [6.45, 7) is 5.58. The molecule has 2 N–H and O–H groups in total. The van der Waals surface area contributed by atoms with E-state index in [0.717, 1.165) is 30.6 Å². The van der Waals surface area contributed by atoms with E-state index in [1.807, 2.05) is 19.9 Å². The topological polar surface area (TPSA) is 49.3 Å². The van der Waals surface area contributed by atoms with Crippen LogP contribution in [0, 0.1) is 13.8 Å². The second-order valence-corrected chi connectivity index (χ2v) is 4.06. The first-order chi connectivity index (χ1) is 7.11. The predicted molar refractivity (Wildman–Crippen MR) is 58.3 cm³/mol. The smallest absolute Gasteiger partial charge is 0.336 e. The molecule has 0 aliphatic carbocycles. The Labute approximate surface area is 89.1 Å². The minimum absolute atomic E-state index is 0.482. The minimum Gasteiger partial charge on any atom is -0.478 e. The van der Waals surface area contributed by atoms with Gasteiger partial charge in [0, 0.05) is 6.54 Å². The van der Waals surface area contributed by atoms with Crippen molar-refractivity contribution in [1.82, 2.24) is 5.32 Å². The van der Waals surface area contributed by atoms with Crippen LogP contribution >= 0.6 is 0 Å². The van der Waals surface area contributed by atoms with Crippen molar-refractivity contribution in [3.63, 3.8) is 0 Å². The SMILES string of the molecule is Cc1cc2c(c(C)c1C(=O)O)CCNC2. The Morgan fingerprint density at radius 2 is 2.20 bits per heavy atom. The van der Waals surface area contributed by atoms with E-state index >= 15 is 0 Å². The zero-order valence-electron chi connectivity index (χ0n) is 9.05. The summed E-state index contributed by atoms with van der Waals surface area (Å²) in [5.41, 5.74) is 4.76. The molecule has 1 aliphatic rings. The molecule has 0 spiro atoms. The van der Waals surface area contributed by atoms with E-state index in [0.29, 0.717) is 5.56 Å². The van der Waals surface area contributed by atoms with Crippen molar-refractivity contribution < 1.29 is 9.90 Å². The molecule has 0 fully saturated rings. The van der Waals surface area contributed by atoms with Crippen LogP contribution in [0.15, 0.2) is 6.07 Å². The lowest BCUT2D eigenvalue weighted by Gasteiger charge is -2.21. The second kappa shape index (κ2) is 3.66. The van der Waals surface area contributed by atoms with Crippen molar-refractivity contribution in [2.24, 2.45) is 0 Å². The molecule has 0 amide bonds. The van der Waals surface area contributed by atoms with Gasteiger partial charge >= 0.3 is 5.97 Å². The fraction of sp³-hybridized carbons (Fsp3) is 0.417. The van der Waals surface area contributed by atoms with E-state index in [9.17, 15) is 4.79 Å².